The summed E-state index contributed by atoms with van der Waals surface area (Å²) in [5.41, 5.74) is 4.19. The molecule has 0 bridgehead atoms. The number of allylic oxidation sites excluding steroid dienone is 3. The quantitative estimate of drug-likeness (QED) is 0.524. The molecule has 0 radical (unpaired) electrons. The van der Waals surface area contributed by atoms with Crippen LogP contribution in [0.15, 0.2) is 77.4 Å². The molecule has 4 heteroatoms. The maximum Gasteiger partial charge on any atom is 0.156 e. The summed E-state index contributed by atoms with van der Waals surface area (Å²) in [7, 11) is 1.67. The Bertz CT molecular complexity index is 1330. The number of ether oxygens (including phenoxy) is 2. The van der Waals surface area contributed by atoms with Crippen molar-refractivity contribution in [3.8, 4) is 17.6 Å². The van der Waals surface area contributed by atoms with E-state index in [1.54, 1.807) is 7.11 Å². The average Bonchev–Trinajstić information content (AvgIpc) is 3.10. The zero-order valence-corrected chi connectivity index (χ0v) is 21.6. The van der Waals surface area contributed by atoms with E-state index in [-0.39, 0.29) is 23.7 Å². The number of fused-ring (bicyclic) bond motifs is 4. The van der Waals surface area contributed by atoms with Crippen LogP contribution in [0.25, 0.3) is 0 Å². The van der Waals surface area contributed by atoms with Crippen molar-refractivity contribution < 1.29 is 19.4 Å². The van der Waals surface area contributed by atoms with E-state index in [0.29, 0.717) is 19.4 Å². The molecule has 2 unspecified atom stereocenters. The van der Waals surface area contributed by atoms with E-state index < -0.39 is 11.0 Å². The Morgan fingerprint density at radius 1 is 1.03 bits per heavy atom. The van der Waals surface area contributed by atoms with Gasteiger partial charge in [-0.15, -0.1) is 0 Å². The van der Waals surface area contributed by atoms with E-state index in [1.165, 1.54) is 16.7 Å². The first-order valence-electron chi connectivity index (χ1n) is 13.4. The van der Waals surface area contributed by atoms with Crippen molar-refractivity contribution in [2.45, 2.75) is 57.2 Å². The maximum absolute atomic E-state index is 12.3. The number of carbonyl (C=O) groups excluding carboxylic acids is 1. The van der Waals surface area contributed by atoms with Gasteiger partial charge in [-0.05, 0) is 96.6 Å². The minimum absolute atomic E-state index is 0.212. The SMILES string of the molecule is COc1ccc([C@H]2OC[C@@]3(C)C(CC[C@@]3(O)C#Cc3ccccc3)C3CCC4=CC(=O)CCC4=C32)cc1. The fraction of sp³-hybridized carbons (Fsp3) is 0.424. The minimum atomic E-state index is -1.13. The van der Waals surface area contributed by atoms with E-state index in [4.69, 9.17) is 9.47 Å². The second-order valence-corrected chi connectivity index (χ2v) is 11.2. The normalized spacial score (nSPS) is 32.8. The monoisotopic (exact) mass is 494 g/mol. The molecule has 0 amide bonds. The molecule has 4 aliphatic rings. The molecule has 1 saturated carbocycles. The van der Waals surface area contributed by atoms with Crippen molar-refractivity contribution in [1.29, 1.82) is 0 Å². The van der Waals surface area contributed by atoms with Crippen molar-refractivity contribution in [3.05, 3.63) is 88.5 Å². The van der Waals surface area contributed by atoms with Gasteiger partial charge >= 0.3 is 0 Å². The largest absolute Gasteiger partial charge is 0.497 e. The van der Waals surface area contributed by atoms with Crippen molar-refractivity contribution in [2.75, 3.05) is 13.7 Å². The third-order valence-corrected chi connectivity index (χ3v) is 9.32. The Morgan fingerprint density at radius 2 is 1.81 bits per heavy atom. The number of hydrogen-bond donors (Lipinski definition) is 1. The van der Waals surface area contributed by atoms with Gasteiger partial charge in [0.05, 0.1) is 13.7 Å². The first kappa shape index (κ1) is 24.2. The number of ketones is 1. The molecule has 1 saturated heterocycles. The number of methoxy groups -OCH3 is 1. The summed E-state index contributed by atoms with van der Waals surface area (Å²) in [6, 6.07) is 18.0. The van der Waals surface area contributed by atoms with Crippen LogP contribution < -0.4 is 4.74 Å². The van der Waals surface area contributed by atoms with E-state index >= 15 is 0 Å². The summed E-state index contributed by atoms with van der Waals surface area (Å²) < 4.78 is 12.2. The Morgan fingerprint density at radius 3 is 2.57 bits per heavy atom. The minimum Gasteiger partial charge on any atom is -0.497 e. The third-order valence-electron chi connectivity index (χ3n) is 9.32. The Balaban J connectivity index is 1.45. The highest BCUT2D eigenvalue weighted by Crippen LogP contribution is 2.61. The molecule has 2 fully saturated rings. The van der Waals surface area contributed by atoms with Crippen LogP contribution in [0, 0.1) is 29.1 Å². The summed E-state index contributed by atoms with van der Waals surface area (Å²) in [6.45, 7) is 2.61. The van der Waals surface area contributed by atoms with Crippen molar-refractivity contribution >= 4 is 5.78 Å². The molecule has 0 spiro atoms. The Hall–Kier alpha value is -3.13. The van der Waals surface area contributed by atoms with E-state index in [0.717, 1.165) is 42.6 Å². The fourth-order valence-corrected chi connectivity index (χ4v) is 7.23. The molecule has 2 aromatic carbocycles. The van der Waals surface area contributed by atoms with Crippen molar-refractivity contribution in [1.82, 2.24) is 0 Å². The van der Waals surface area contributed by atoms with Crippen LogP contribution in [0.1, 0.15) is 62.7 Å². The summed E-state index contributed by atoms with van der Waals surface area (Å²) >= 11 is 0. The van der Waals surface area contributed by atoms with Crippen LogP contribution in [-0.4, -0.2) is 30.2 Å². The predicted molar refractivity (Wildman–Crippen MR) is 143 cm³/mol. The number of benzene rings is 2. The van der Waals surface area contributed by atoms with E-state index in [9.17, 15) is 9.90 Å². The summed E-state index contributed by atoms with van der Waals surface area (Å²) in [5.74, 6) is 8.14. The lowest BCUT2D eigenvalue weighted by molar-refractivity contribution is -0.114. The Labute approximate surface area is 219 Å². The molecule has 4 nitrogen and oxygen atoms in total. The van der Waals surface area contributed by atoms with Crippen molar-refractivity contribution in [2.24, 2.45) is 17.3 Å². The van der Waals surface area contributed by atoms with Gasteiger partial charge in [-0.3, -0.25) is 4.79 Å². The van der Waals surface area contributed by atoms with Crippen LogP contribution in [0.3, 0.4) is 0 Å². The standard InChI is InChI=1S/C33H34O4/c1-32-21-37-31(23-8-12-26(36-2)13-9-23)30-27-15-11-25(34)20-24(27)10-14-28(30)29(32)17-19-33(32,35)18-16-22-6-4-3-5-7-22/h3-9,12-13,20,28-29,31,35H,10-11,14-15,17,19,21H2,1-2H3/t28?,29?,31-,32+,33+/m1/s1. The summed E-state index contributed by atoms with van der Waals surface area (Å²) in [6.07, 6.45) is 6.41. The van der Waals surface area contributed by atoms with Crippen LogP contribution in [0.4, 0.5) is 0 Å². The summed E-state index contributed by atoms with van der Waals surface area (Å²) in [4.78, 5) is 12.3. The van der Waals surface area contributed by atoms with Crippen LogP contribution >= 0.6 is 0 Å². The van der Waals surface area contributed by atoms with Gasteiger partial charge in [0.1, 0.15) is 17.5 Å². The smallest absolute Gasteiger partial charge is 0.156 e. The molecule has 6 rings (SSSR count). The van der Waals surface area contributed by atoms with Gasteiger partial charge in [-0.25, -0.2) is 0 Å². The highest BCUT2D eigenvalue weighted by atomic mass is 16.5. The lowest BCUT2D eigenvalue weighted by Crippen LogP contribution is -2.48. The van der Waals surface area contributed by atoms with Crippen LogP contribution in [0.2, 0.25) is 0 Å². The summed E-state index contributed by atoms with van der Waals surface area (Å²) in [5, 5.41) is 12.1. The van der Waals surface area contributed by atoms with Gasteiger partial charge < -0.3 is 14.6 Å². The fourth-order valence-electron chi connectivity index (χ4n) is 7.23. The molecule has 0 aromatic heterocycles. The van der Waals surface area contributed by atoms with Gasteiger partial charge in [0.25, 0.3) is 0 Å². The first-order chi connectivity index (χ1) is 17.9. The average molecular weight is 495 g/mol. The van der Waals surface area contributed by atoms with Gasteiger partial charge in [-0.2, -0.15) is 0 Å². The second-order valence-electron chi connectivity index (χ2n) is 11.2. The van der Waals surface area contributed by atoms with Crippen LogP contribution in [-0.2, 0) is 9.53 Å². The molecule has 3 aliphatic carbocycles. The zero-order valence-electron chi connectivity index (χ0n) is 21.6. The Kier molecular flexibility index (Phi) is 6.10. The first-order valence-corrected chi connectivity index (χ1v) is 13.4. The van der Waals surface area contributed by atoms with E-state index in [2.05, 4.69) is 30.9 Å². The lowest BCUT2D eigenvalue weighted by atomic mass is 9.61. The van der Waals surface area contributed by atoms with Gasteiger partial charge in [0.2, 0.25) is 0 Å². The van der Waals surface area contributed by atoms with Gasteiger partial charge in [0.15, 0.2) is 5.78 Å². The van der Waals surface area contributed by atoms with Crippen LogP contribution in [0.5, 0.6) is 5.75 Å². The lowest BCUT2D eigenvalue weighted by Gasteiger charge is -2.42. The van der Waals surface area contributed by atoms with Crippen molar-refractivity contribution in [3.63, 3.8) is 0 Å². The van der Waals surface area contributed by atoms with Gasteiger partial charge in [0, 0.05) is 17.4 Å². The number of aliphatic hydroxyl groups is 1. The maximum atomic E-state index is 12.3. The number of rotatable bonds is 2. The van der Waals surface area contributed by atoms with E-state index in [1.807, 2.05) is 48.5 Å². The molecule has 37 heavy (non-hydrogen) atoms. The molecule has 1 N–H and O–H groups in total. The molecular weight excluding hydrogens is 460 g/mol. The molecule has 5 atom stereocenters. The predicted octanol–water partition coefficient (Wildman–Crippen LogP) is 5.96. The second kappa shape index (κ2) is 9.31. The molecule has 2 aromatic rings. The highest BCUT2D eigenvalue weighted by Gasteiger charge is 2.61. The molecular formula is C33H34O4. The molecule has 190 valence electrons. The number of carbonyl (C=O) groups is 1. The molecule has 1 aliphatic heterocycles. The number of hydrogen-bond acceptors (Lipinski definition) is 4. The topological polar surface area (TPSA) is 55.8 Å². The zero-order chi connectivity index (χ0) is 25.6. The molecule has 1 heterocycles. The highest BCUT2D eigenvalue weighted by molar-refractivity contribution is 5.93. The van der Waals surface area contributed by atoms with Gasteiger partial charge in [-0.1, -0.05) is 49.1 Å². The third kappa shape index (κ3) is 4.06.